The van der Waals surface area contributed by atoms with Crippen molar-refractivity contribution in [1.29, 1.82) is 5.26 Å². The summed E-state index contributed by atoms with van der Waals surface area (Å²) in [5.74, 6) is 0.516. The van der Waals surface area contributed by atoms with Crippen LogP contribution in [0.4, 0.5) is 0 Å². The van der Waals surface area contributed by atoms with E-state index in [1.165, 1.54) is 0 Å². The predicted molar refractivity (Wildman–Crippen MR) is 52.3 cm³/mol. The Kier molecular flexibility index (Phi) is 3.41. The van der Waals surface area contributed by atoms with Gasteiger partial charge in [0.25, 0.3) is 0 Å². The Morgan fingerprint density at radius 3 is 2.38 bits per heavy atom. The molecular formula is C9H7Cl2NO. The van der Waals surface area contributed by atoms with Gasteiger partial charge in [0.05, 0.1) is 0 Å². The van der Waals surface area contributed by atoms with Crippen LogP contribution in [0.1, 0.15) is 5.56 Å². The van der Waals surface area contributed by atoms with E-state index in [-0.39, 0.29) is 6.61 Å². The predicted octanol–water partition coefficient (Wildman–Crippen LogP) is 3.20. The lowest BCUT2D eigenvalue weighted by molar-refractivity contribution is 0.368. The molecule has 1 aromatic rings. The lowest BCUT2D eigenvalue weighted by atomic mass is 10.2. The molecule has 0 bridgehead atoms. The first kappa shape index (κ1) is 10.2. The molecule has 0 aliphatic heterocycles. The highest BCUT2D eigenvalue weighted by Gasteiger charge is 2.04. The molecule has 0 unspecified atom stereocenters. The largest absolute Gasteiger partial charge is 0.479 e. The topological polar surface area (TPSA) is 33.0 Å². The Morgan fingerprint density at radius 2 is 1.92 bits per heavy atom. The summed E-state index contributed by atoms with van der Waals surface area (Å²) in [5, 5.41) is 9.36. The van der Waals surface area contributed by atoms with Crippen LogP contribution in [-0.2, 0) is 0 Å². The fourth-order valence-electron chi connectivity index (χ4n) is 0.821. The molecule has 68 valence electrons. The Labute approximate surface area is 86.6 Å². The van der Waals surface area contributed by atoms with Crippen molar-refractivity contribution >= 4 is 23.2 Å². The maximum atomic E-state index is 8.28. The molecule has 0 aliphatic rings. The van der Waals surface area contributed by atoms with Crippen molar-refractivity contribution in [2.45, 2.75) is 6.92 Å². The average molecular weight is 216 g/mol. The number of ether oxygens (including phenoxy) is 1. The van der Waals surface area contributed by atoms with Gasteiger partial charge >= 0.3 is 0 Å². The van der Waals surface area contributed by atoms with Crippen LogP contribution in [0.25, 0.3) is 0 Å². The van der Waals surface area contributed by atoms with Crippen LogP contribution in [0, 0.1) is 18.3 Å². The van der Waals surface area contributed by atoms with E-state index in [4.69, 9.17) is 33.2 Å². The highest BCUT2D eigenvalue weighted by Crippen LogP contribution is 2.29. The highest BCUT2D eigenvalue weighted by molar-refractivity contribution is 6.36. The summed E-state index contributed by atoms with van der Waals surface area (Å²) in [6.45, 7) is 1.81. The summed E-state index contributed by atoms with van der Waals surface area (Å²) in [5.41, 5.74) is 0.813. The molecule has 1 rings (SSSR count). The van der Waals surface area contributed by atoms with Crippen LogP contribution in [0.5, 0.6) is 5.75 Å². The van der Waals surface area contributed by atoms with Gasteiger partial charge in [-0.2, -0.15) is 5.26 Å². The number of nitrogens with zero attached hydrogens (tertiary/aromatic N) is 1. The van der Waals surface area contributed by atoms with Crippen molar-refractivity contribution in [1.82, 2.24) is 0 Å². The molecule has 1 aromatic carbocycles. The number of rotatable bonds is 2. The Morgan fingerprint density at radius 1 is 1.38 bits per heavy atom. The van der Waals surface area contributed by atoms with E-state index in [9.17, 15) is 0 Å². The third kappa shape index (κ3) is 2.51. The number of hydrogen-bond donors (Lipinski definition) is 0. The van der Waals surface area contributed by atoms with Gasteiger partial charge in [-0.05, 0) is 24.6 Å². The summed E-state index contributed by atoms with van der Waals surface area (Å²) < 4.78 is 5.04. The zero-order valence-electron chi connectivity index (χ0n) is 6.97. The van der Waals surface area contributed by atoms with Gasteiger partial charge in [0.15, 0.2) is 6.61 Å². The van der Waals surface area contributed by atoms with Crippen LogP contribution < -0.4 is 4.74 Å². The first-order valence-electron chi connectivity index (χ1n) is 3.60. The normalized spacial score (nSPS) is 9.38. The maximum absolute atomic E-state index is 8.28. The smallest absolute Gasteiger partial charge is 0.174 e. The Bertz CT molecular complexity index is 334. The van der Waals surface area contributed by atoms with Gasteiger partial charge < -0.3 is 4.74 Å². The van der Waals surface area contributed by atoms with E-state index in [0.717, 1.165) is 5.56 Å². The minimum absolute atomic E-state index is 0.00425. The van der Waals surface area contributed by atoms with Crippen molar-refractivity contribution in [2.24, 2.45) is 0 Å². The molecule has 4 heteroatoms. The molecule has 0 radical (unpaired) electrons. The van der Waals surface area contributed by atoms with Gasteiger partial charge in [-0.25, -0.2) is 0 Å². The van der Waals surface area contributed by atoms with E-state index in [1.54, 1.807) is 12.1 Å². The van der Waals surface area contributed by atoms with Crippen LogP contribution in [0.3, 0.4) is 0 Å². The lowest BCUT2D eigenvalue weighted by Gasteiger charge is -2.05. The second kappa shape index (κ2) is 4.36. The number of hydrogen-bond acceptors (Lipinski definition) is 2. The standard InChI is InChI=1S/C9H7Cl2NO/c1-6-8(10)4-7(5-9(6)11)13-3-2-12/h4-5H,3H2,1H3. The van der Waals surface area contributed by atoms with Gasteiger partial charge in [-0.15, -0.1) is 0 Å². The Balaban J connectivity index is 2.94. The van der Waals surface area contributed by atoms with Gasteiger partial charge in [-0.1, -0.05) is 23.2 Å². The summed E-state index contributed by atoms with van der Waals surface area (Å²) in [6, 6.07) is 5.14. The van der Waals surface area contributed by atoms with Crippen LogP contribution in [0.2, 0.25) is 10.0 Å². The third-order valence-electron chi connectivity index (χ3n) is 1.56. The molecule has 0 aromatic heterocycles. The lowest BCUT2D eigenvalue weighted by Crippen LogP contribution is -1.93. The van der Waals surface area contributed by atoms with Crippen molar-refractivity contribution < 1.29 is 4.74 Å². The van der Waals surface area contributed by atoms with Crippen LogP contribution >= 0.6 is 23.2 Å². The maximum Gasteiger partial charge on any atom is 0.174 e. The molecule has 0 atom stereocenters. The fourth-order valence-corrected chi connectivity index (χ4v) is 1.29. The van der Waals surface area contributed by atoms with Gasteiger partial charge in [0.1, 0.15) is 11.8 Å². The quantitative estimate of drug-likeness (QED) is 0.760. The Hall–Kier alpha value is -0.910. The summed E-state index contributed by atoms with van der Waals surface area (Å²) >= 11 is 11.7. The second-order valence-corrected chi connectivity index (χ2v) is 3.27. The fraction of sp³-hybridized carbons (Fsp3) is 0.222. The second-order valence-electron chi connectivity index (χ2n) is 2.46. The summed E-state index contributed by atoms with van der Waals surface area (Å²) in [7, 11) is 0. The molecule has 13 heavy (non-hydrogen) atoms. The molecule has 0 saturated carbocycles. The molecule has 0 saturated heterocycles. The minimum atomic E-state index is -0.00425. The van der Waals surface area contributed by atoms with E-state index in [2.05, 4.69) is 0 Å². The van der Waals surface area contributed by atoms with Crippen LogP contribution in [-0.4, -0.2) is 6.61 Å². The van der Waals surface area contributed by atoms with Crippen molar-refractivity contribution in [3.8, 4) is 11.8 Å². The number of nitriles is 1. The minimum Gasteiger partial charge on any atom is -0.479 e. The molecular weight excluding hydrogens is 209 g/mol. The molecule has 0 N–H and O–H groups in total. The molecule has 0 amide bonds. The van der Waals surface area contributed by atoms with Gasteiger partial charge in [0.2, 0.25) is 0 Å². The molecule has 0 spiro atoms. The van der Waals surface area contributed by atoms with Gasteiger partial charge in [0, 0.05) is 10.0 Å². The molecule has 0 heterocycles. The molecule has 2 nitrogen and oxygen atoms in total. The van der Waals surface area contributed by atoms with Crippen LogP contribution in [0.15, 0.2) is 12.1 Å². The van der Waals surface area contributed by atoms with Crippen molar-refractivity contribution in [3.63, 3.8) is 0 Å². The summed E-state index contributed by atoms with van der Waals surface area (Å²) in [4.78, 5) is 0. The third-order valence-corrected chi connectivity index (χ3v) is 2.34. The van der Waals surface area contributed by atoms with E-state index in [1.807, 2.05) is 13.0 Å². The zero-order valence-corrected chi connectivity index (χ0v) is 8.49. The number of benzene rings is 1. The van der Waals surface area contributed by atoms with E-state index >= 15 is 0 Å². The van der Waals surface area contributed by atoms with E-state index < -0.39 is 0 Å². The highest BCUT2D eigenvalue weighted by atomic mass is 35.5. The monoisotopic (exact) mass is 215 g/mol. The van der Waals surface area contributed by atoms with Gasteiger partial charge in [-0.3, -0.25) is 0 Å². The SMILES string of the molecule is Cc1c(Cl)cc(OCC#N)cc1Cl. The first-order valence-corrected chi connectivity index (χ1v) is 4.36. The molecule has 0 aliphatic carbocycles. The number of halogens is 2. The first-order chi connectivity index (χ1) is 6.15. The van der Waals surface area contributed by atoms with Crippen molar-refractivity contribution in [3.05, 3.63) is 27.7 Å². The zero-order chi connectivity index (χ0) is 9.84. The molecule has 0 fully saturated rings. The van der Waals surface area contributed by atoms with E-state index in [0.29, 0.717) is 15.8 Å². The summed E-state index contributed by atoms with van der Waals surface area (Å²) in [6.07, 6.45) is 0. The van der Waals surface area contributed by atoms with Crippen molar-refractivity contribution in [2.75, 3.05) is 6.61 Å². The average Bonchev–Trinajstić information content (AvgIpc) is 2.10.